The van der Waals surface area contributed by atoms with E-state index in [1.54, 1.807) is 72.8 Å². The largest absolute Gasteiger partial charge is 0.507 e. The molecule has 12 heteroatoms. The van der Waals surface area contributed by atoms with Crippen LogP contribution in [0.5, 0.6) is 11.5 Å². The monoisotopic (exact) mass is 900 g/mol. The Labute approximate surface area is 377 Å². The van der Waals surface area contributed by atoms with Gasteiger partial charge in [-0.05, 0) is 95.5 Å². The zero-order chi connectivity index (χ0) is 45.9. The van der Waals surface area contributed by atoms with Gasteiger partial charge in [-0.2, -0.15) is 8.61 Å². The highest BCUT2D eigenvalue weighted by Crippen LogP contribution is 2.53. The van der Waals surface area contributed by atoms with Crippen molar-refractivity contribution in [2.75, 3.05) is 13.2 Å². The molecule has 0 aliphatic carbocycles. The van der Waals surface area contributed by atoms with Gasteiger partial charge >= 0.3 is 0 Å². The van der Waals surface area contributed by atoms with Crippen molar-refractivity contribution in [3.05, 3.63) is 178 Å². The number of phenols is 2. The summed E-state index contributed by atoms with van der Waals surface area (Å²) in [6.45, 7) is 15.9. The first kappa shape index (κ1) is 45.2. The predicted octanol–water partition coefficient (Wildman–Crippen LogP) is 10.9. The maximum atomic E-state index is 14.9. The number of aromatic hydroxyl groups is 2. The first-order valence-electron chi connectivity index (χ1n) is 21.5. The molecule has 10 nitrogen and oxygen atoms in total. The number of nitrogens with zero attached hydrogens (tertiary/aromatic N) is 2. The molecule has 64 heavy (non-hydrogen) atoms. The third-order valence-corrected chi connectivity index (χ3v) is 16.0. The highest BCUT2D eigenvalue weighted by molar-refractivity contribution is 7.89. The number of rotatable bonds is 9. The molecule has 6 aromatic carbocycles. The van der Waals surface area contributed by atoms with E-state index in [2.05, 4.69) is 0 Å². The summed E-state index contributed by atoms with van der Waals surface area (Å²) in [5.41, 5.74) is 4.49. The van der Waals surface area contributed by atoms with Gasteiger partial charge in [0.05, 0.1) is 35.1 Å². The Hall–Kier alpha value is -5.34. The number of phenolic OH excluding ortho intramolecular Hbond substituents is 2. The molecule has 334 valence electrons. The zero-order valence-electron chi connectivity index (χ0n) is 37.5. The second kappa shape index (κ2) is 16.9. The van der Waals surface area contributed by atoms with Gasteiger partial charge in [0, 0.05) is 22.3 Å². The molecular formula is C52H56N2O8S2. The Morgan fingerprint density at radius 1 is 0.500 bits per heavy atom. The molecular weight excluding hydrogens is 845 g/mol. The molecule has 0 spiro atoms. The van der Waals surface area contributed by atoms with Crippen LogP contribution in [0.25, 0.3) is 11.1 Å². The molecule has 6 aromatic rings. The van der Waals surface area contributed by atoms with E-state index in [1.165, 1.54) is 8.61 Å². The Bertz CT molecular complexity index is 2690. The molecule has 0 radical (unpaired) electrons. The maximum Gasteiger partial charge on any atom is 0.246 e. The Morgan fingerprint density at radius 2 is 0.828 bits per heavy atom. The van der Waals surface area contributed by atoms with Crippen LogP contribution in [0.15, 0.2) is 143 Å². The standard InChI is InChI=1S/C52H56N2O8S2/c1-33-19-23-39(24-20-33)63(57,58)53-45(35-15-11-9-12-16-35)31-61-49(53)43-29-37(51(3,4)5)27-41(47(43)55)42-28-38(52(6,7)8)30-44(48(42)56)50-54(46(32-62-50)36-17-13-10-14-18-36)64(59,60)40-25-21-34(2)22-26-40/h9-30,45-46,49-50,55-56H,31-32H2,1-8H3/t45-,46-,49+,50+/m1/s1. The molecule has 0 bridgehead atoms. The summed E-state index contributed by atoms with van der Waals surface area (Å²) in [4.78, 5) is 0.161. The van der Waals surface area contributed by atoms with Crippen molar-refractivity contribution in [1.29, 1.82) is 0 Å². The number of hydrogen-bond donors (Lipinski definition) is 2. The van der Waals surface area contributed by atoms with Gasteiger partial charge in [-0.25, -0.2) is 16.8 Å². The fourth-order valence-corrected chi connectivity index (χ4v) is 11.8. The van der Waals surface area contributed by atoms with Crippen molar-refractivity contribution < 1.29 is 36.5 Å². The van der Waals surface area contributed by atoms with Crippen LogP contribution in [0.3, 0.4) is 0 Å². The van der Waals surface area contributed by atoms with E-state index < -0.39 is 55.4 Å². The first-order chi connectivity index (χ1) is 30.2. The van der Waals surface area contributed by atoms with Crippen molar-refractivity contribution in [3.8, 4) is 22.6 Å². The lowest BCUT2D eigenvalue weighted by molar-refractivity contribution is 0.0654. The van der Waals surface area contributed by atoms with Crippen LogP contribution < -0.4 is 0 Å². The van der Waals surface area contributed by atoms with Gasteiger partial charge in [0.25, 0.3) is 0 Å². The third kappa shape index (κ3) is 8.39. The summed E-state index contributed by atoms with van der Waals surface area (Å²) < 4.78 is 75.2. The zero-order valence-corrected chi connectivity index (χ0v) is 39.1. The van der Waals surface area contributed by atoms with Gasteiger partial charge in [0.1, 0.15) is 11.5 Å². The molecule has 2 fully saturated rings. The number of sulfonamides is 2. The van der Waals surface area contributed by atoms with E-state index >= 15 is 0 Å². The molecule has 0 unspecified atom stereocenters. The van der Waals surface area contributed by atoms with Gasteiger partial charge < -0.3 is 19.7 Å². The highest BCUT2D eigenvalue weighted by atomic mass is 32.2. The summed E-state index contributed by atoms with van der Waals surface area (Å²) in [7, 11) is -8.50. The quantitative estimate of drug-likeness (QED) is 0.147. The van der Waals surface area contributed by atoms with Crippen molar-refractivity contribution in [1.82, 2.24) is 8.61 Å². The smallest absolute Gasteiger partial charge is 0.246 e. The Morgan fingerprint density at radius 3 is 1.14 bits per heavy atom. The van der Waals surface area contributed by atoms with Crippen molar-refractivity contribution in [3.63, 3.8) is 0 Å². The lowest BCUT2D eigenvalue weighted by atomic mass is 9.80. The number of aryl methyl sites for hydroxylation is 2. The molecule has 2 N–H and O–H groups in total. The number of ether oxygens (including phenoxy) is 2. The van der Waals surface area contributed by atoms with E-state index in [-0.39, 0.29) is 56.8 Å². The fourth-order valence-electron chi connectivity index (χ4n) is 8.49. The predicted molar refractivity (Wildman–Crippen MR) is 249 cm³/mol. The van der Waals surface area contributed by atoms with Crippen molar-refractivity contribution >= 4 is 20.0 Å². The average Bonchev–Trinajstić information content (AvgIpc) is 3.91. The maximum absolute atomic E-state index is 14.9. The molecule has 8 rings (SSSR count). The minimum absolute atomic E-state index is 0.0100. The number of hydrogen-bond acceptors (Lipinski definition) is 8. The van der Waals surface area contributed by atoms with Crippen LogP contribution in [0.4, 0.5) is 0 Å². The Balaban J connectivity index is 1.34. The van der Waals surface area contributed by atoms with E-state index in [1.807, 2.05) is 116 Å². The minimum atomic E-state index is -4.25. The van der Waals surface area contributed by atoms with Crippen LogP contribution in [0, 0.1) is 13.8 Å². The van der Waals surface area contributed by atoms with E-state index in [0.717, 1.165) is 33.4 Å². The topological polar surface area (TPSA) is 134 Å². The highest BCUT2D eigenvalue weighted by Gasteiger charge is 2.48. The lowest BCUT2D eigenvalue weighted by Gasteiger charge is -2.31. The van der Waals surface area contributed by atoms with E-state index in [0.29, 0.717) is 0 Å². The summed E-state index contributed by atoms with van der Waals surface area (Å²) in [6.07, 6.45) is -2.55. The average molecular weight is 901 g/mol. The van der Waals surface area contributed by atoms with Crippen molar-refractivity contribution in [2.45, 2.75) is 101 Å². The minimum Gasteiger partial charge on any atom is -0.507 e. The molecule has 2 saturated heterocycles. The molecule has 0 saturated carbocycles. The molecule has 2 aliphatic rings. The van der Waals surface area contributed by atoms with Crippen LogP contribution in [-0.4, -0.2) is 48.9 Å². The molecule has 2 aliphatic heterocycles. The fraction of sp³-hybridized carbons (Fsp3) is 0.308. The number of benzene rings is 6. The van der Waals surface area contributed by atoms with Crippen LogP contribution in [-0.2, 0) is 40.4 Å². The lowest BCUT2D eigenvalue weighted by Crippen LogP contribution is -2.34. The van der Waals surface area contributed by atoms with E-state index in [9.17, 15) is 27.0 Å². The van der Waals surface area contributed by atoms with Gasteiger partial charge in [-0.15, -0.1) is 0 Å². The van der Waals surface area contributed by atoms with Gasteiger partial charge in [0.2, 0.25) is 20.0 Å². The summed E-state index contributed by atoms with van der Waals surface area (Å²) in [5, 5.41) is 25.4. The van der Waals surface area contributed by atoms with Crippen LogP contribution >= 0.6 is 0 Å². The SMILES string of the molecule is Cc1ccc(S(=O)(=O)N2[C@@H](c3ccccc3)CO[C@H]2c2cc(C(C)(C)C)cc(-c3cc(C(C)(C)C)cc([C@@H]4OC[C@H](c5ccccc5)N4S(=O)(=O)c4ccc(C)cc4)c3O)c2O)cc1. The summed E-state index contributed by atoms with van der Waals surface area (Å²) in [6, 6.07) is 37.5. The Kier molecular flexibility index (Phi) is 11.9. The second-order valence-electron chi connectivity index (χ2n) is 18.9. The first-order valence-corrected chi connectivity index (χ1v) is 24.3. The second-order valence-corrected chi connectivity index (χ2v) is 22.6. The van der Waals surface area contributed by atoms with Crippen molar-refractivity contribution in [2.24, 2.45) is 0 Å². The third-order valence-electron chi connectivity index (χ3n) is 12.3. The molecule has 0 aromatic heterocycles. The molecule has 4 atom stereocenters. The van der Waals surface area contributed by atoms with Gasteiger partial charge in [-0.1, -0.05) is 138 Å². The summed E-state index contributed by atoms with van der Waals surface area (Å²) >= 11 is 0. The van der Waals surface area contributed by atoms with E-state index in [4.69, 9.17) is 9.47 Å². The van der Waals surface area contributed by atoms with Gasteiger partial charge in [-0.3, -0.25) is 0 Å². The summed E-state index contributed by atoms with van der Waals surface area (Å²) in [5.74, 6) is -0.580. The normalized spacial score (nSPS) is 20.2. The van der Waals surface area contributed by atoms with Crippen LogP contribution in [0.2, 0.25) is 0 Å². The van der Waals surface area contributed by atoms with Crippen LogP contribution in [0.1, 0.15) is 111 Å². The molecule has 2 heterocycles. The molecule has 0 amide bonds. The van der Waals surface area contributed by atoms with Gasteiger partial charge in [0.15, 0.2) is 12.5 Å².